The zero-order valence-corrected chi connectivity index (χ0v) is 10.5. The molecular weight excluding hydrogens is 224 g/mol. The molecule has 1 atom stereocenters. The number of nitrogens with two attached hydrogens (primary N) is 1. The minimum absolute atomic E-state index is 0.163. The number of hydrogen-bond acceptors (Lipinski definition) is 5. The van der Waals surface area contributed by atoms with Crippen LogP contribution in [0, 0.1) is 0 Å². The highest BCUT2D eigenvalue weighted by Crippen LogP contribution is 2.13. The van der Waals surface area contributed by atoms with Crippen LogP contribution in [0.2, 0.25) is 0 Å². The van der Waals surface area contributed by atoms with Gasteiger partial charge in [0.05, 0.1) is 25.8 Å². The van der Waals surface area contributed by atoms with E-state index in [1.54, 1.807) is 4.90 Å². The van der Waals surface area contributed by atoms with E-state index >= 15 is 0 Å². The Morgan fingerprint density at radius 3 is 2.88 bits per heavy atom. The van der Waals surface area contributed by atoms with Crippen molar-refractivity contribution in [2.75, 3.05) is 26.2 Å². The molecule has 0 aliphatic carbocycles. The highest BCUT2D eigenvalue weighted by molar-refractivity contribution is 5.68. The van der Waals surface area contributed by atoms with Crippen LogP contribution >= 0.6 is 0 Å². The molecule has 17 heavy (non-hydrogen) atoms. The van der Waals surface area contributed by atoms with Crippen LogP contribution in [-0.2, 0) is 9.47 Å². The van der Waals surface area contributed by atoms with E-state index < -0.39 is 5.60 Å². The maximum absolute atomic E-state index is 11.8. The van der Waals surface area contributed by atoms with Gasteiger partial charge in [0.25, 0.3) is 0 Å². The van der Waals surface area contributed by atoms with Crippen molar-refractivity contribution in [2.24, 2.45) is 16.2 Å². The van der Waals surface area contributed by atoms with Gasteiger partial charge >= 0.3 is 6.09 Å². The third-order valence-corrected chi connectivity index (χ3v) is 2.16. The summed E-state index contributed by atoms with van der Waals surface area (Å²) in [4.78, 5) is 13.4. The van der Waals surface area contributed by atoms with Crippen LogP contribution in [0.15, 0.2) is 10.3 Å². The molecule has 1 amide bonds. The van der Waals surface area contributed by atoms with E-state index in [9.17, 15) is 4.79 Å². The molecule has 1 fully saturated rings. The Morgan fingerprint density at radius 2 is 2.29 bits per heavy atom. The summed E-state index contributed by atoms with van der Waals surface area (Å²) in [5.41, 5.74) is -0.484. The number of amides is 1. The molecule has 0 radical (unpaired) electrons. The number of nitrogens with zero attached hydrogens (tertiary/aromatic N) is 3. The maximum atomic E-state index is 11.8. The number of carbonyl (C=O) groups excluding carboxylic acids is 1. The van der Waals surface area contributed by atoms with E-state index in [4.69, 9.17) is 15.3 Å². The number of hydrogen-bond donors (Lipinski definition) is 1. The normalized spacial score (nSPS) is 21.8. The smallest absolute Gasteiger partial charge is 0.410 e. The van der Waals surface area contributed by atoms with Crippen LogP contribution in [-0.4, -0.2) is 48.9 Å². The van der Waals surface area contributed by atoms with Crippen molar-refractivity contribution in [3.63, 3.8) is 0 Å². The molecule has 98 valence electrons. The molecule has 0 aromatic carbocycles. The summed E-state index contributed by atoms with van der Waals surface area (Å²) >= 11 is 0. The van der Waals surface area contributed by atoms with Gasteiger partial charge in [-0.3, -0.25) is 0 Å². The average molecular weight is 244 g/mol. The lowest BCUT2D eigenvalue weighted by Crippen LogP contribution is -2.48. The van der Waals surface area contributed by atoms with E-state index in [-0.39, 0.29) is 12.2 Å². The first-order chi connectivity index (χ1) is 7.92. The van der Waals surface area contributed by atoms with Crippen LogP contribution in [0.4, 0.5) is 4.79 Å². The molecule has 7 heteroatoms. The molecule has 0 bridgehead atoms. The number of rotatable bonds is 2. The van der Waals surface area contributed by atoms with Gasteiger partial charge in [-0.05, 0) is 20.8 Å². The summed E-state index contributed by atoms with van der Waals surface area (Å²) in [5.74, 6) is 4.92. The quantitative estimate of drug-likeness (QED) is 0.445. The average Bonchev–Trinajstić information content (AvgIpc) is 2.24. The zero-order valence-electron chi connectivity index (χ0n) is 10.5. The summed E-state index contributed by atoms with van der Waals surface area (Å²) < 4.78 is 10.7. The van der Waals surface area contributed by atoms with Crippen LogP contribution in [0.3, 0.4) is 0 Å². The van der Waals surface area contributed by atoms with E-state index in [0.29, 0.717) is 26.2 Å². The van der Waals surface area contributed by atoms with Crippen molar-refractivity contribution in [3.8, 4) is 0 Å². The van der Waals surface area contributed by atoms with Crippen molar-refractivity contribution in [1.29, 1.82) is 0 Å². The van der Waals surface area contributed by atoms with Gasteiger partial charge in [-0.15, -0.1) is 0 Å². The van der Waals surface area contributed by atoms with Crippen LogP contribution in [0.5, 0.6) is 0 Å². The first kappa shape index (κ1) is 13.7. The molecule has 7 nitrogen and oxygen atoms in total. The third kappa shape index (κ3) is 4.99. The second-order valence-electron chi connectivity index (χ2n) is 4.86. The van der Waals surface area contributed by atoms with Crippen LogP contribution in [0.25, 0.3) is 0 Å². The Hall–Kier alpha value is -1.37. The molecule has 2 N–H and O–H groups in total. The molecule has 1 heterocycles. The van der Waals surface area contributed by atoms with E-state index in [0.717, 1.165) is 0 Å². The first-order valence-corrected chi connectivity index (χ1v) is 5.58. The summed E-state index contributed by atoms with van der Waals surface area (Å²) in [6, 6.07) is 0. The predicted molar refractivity (Wildman–Crippen MR) is 61.5 cm³/mol. The van der Waals surface area contributed by atoms with E-state index in [2.05, 4.69) is 10.3 Å². The van der Waals surface area contributed by atoms with Gasteiger partial charge in [0.15, 0.2) is 0 Å². The zero-order chi connectivity index (χ0) is 12.9. The lowest BCUT2D eigenvalue weighted by Gasteiger charge is -2.33. The Morgan fingerprint density at radius 1 is 1.59 bits per heavy atom. The Kier molecular flexibility index (Phi) is 4.68. The van der Waals surface area contributed by atoms with Crippen molar-refractivity contribution >= 4 is 6.09 Å². The molecular formula is C10H20N4O3. The molecule has 1 rings (SSSR count). The fourth-order valence-corrected chi connectivity index (χ4v) is 1.46. The summed E-state index contributed by atoms with van der Waals surface area (Å²) in [6.45, 7) is 7.33. The van der Waals surface area contributed by atoms with Gasteiger partial charge < -0.3 is 20.2 Å². The van der Waals surface area contributed by atoms with Crippen LogP contribution < -0.4 is 5.84 Å². The lowest BCUT2D eigenvalue weighted by molar-refractivity contribution is -0.0387. The van der Waals surface area contributed by atoms with Crippen LogP contribution in [0.1, 0.15) is 20.8 Å². The Bertz CT molecular complexity index is 288. The summed E-state index contributed by atoms with van der Waals surface area (Å²) in [7, 11) is 0. The minimum Gasteiger partial charge on any atom is -0.444 e. The van der Waals surface area contributed by atoms with E-state index in [1.165, 1.54) is 0 Å². The van der Waals surface area contributed by atoms with Gasteiger partial charge in [-0.25, -0.2) is 4.79 Å². The van der Waals surface area contributed by atoms with Gasteiger partial charge in [0.1, 0.15) is 5.60 Å². The topological polar surface area (TPSA) is 89.5 Å². The molecule has 1 aliphatic heterocycles. The molecule has 0 saturated carbocycles. The lowest BCUT2D eigenvalue weighted by atomic mass is 10.2. The standard InChI is InChI=1S/C10H20N4O3/c1-10(2,3)17-9(15)14-4-5-16-8(7-14)6-12-13-11/h8H,4-7H2,1-3H3,(H2,11,12)/t8-/m0/s1. The summed E-state index contributed by atoms with van der Waals surface area (Å²) in [5, 5.41) is 6.83. The minimum atomic E-state index is -0.484. The second-order valence-corrected chi connectivity index (χ2v) is 4.86. The van der Waals surface area contributed by atoms with Crippen molar-refractivity contribution < 1.29 is 14.3 Å². The van der Waals surface area contributed by atoms with Gasteiger partial charge in [0.2, 0.25) is 0 Å². The molecule has 0 spiro atoms. The monoisotopic (exact) mass is 244 g/mol. The van der Waals surface area contributed by atoms with Crippen molar-refractivity contribution in [3.05, 3.63) is 0 Å². The molecule has 0 aromatic rings. The molecule has 0 aromatic heterocycles. The fourth-order valence-electron chi connectivity index (χ4n) is 1.46. The Labute approximate surface area is 101 Å². The molecule has 0 unspecified atom stereocenters. The van der Waals surface area contributed by atoms with Crippen molar-refractivity contribution in [2.45, 2.75) is 32.5 Å². The molecule has 1 aliphatic rings. The Balaban J connectivity index is 2.46. The predicted octanol–water partition coefficient (Wildman–Crippen LogP) is 0.948. The highest BCUT2D eigenvalue weighted by atomic mass is 16.6. The largest absolute Gasteiger partial charge is 0.444 e. The van der Waals surface area contributed by atoms with E-state index in [1.807, 2.05) is 20.8 Å². The maximum Gasteiger partial charge on any atom is 0.410 e. The van der Waals surface area contributed by atoms with Gasteiger partial charge in [-0.2, -0.15) is 5.11 Å². The fraction of sp³-hybridized carbons (Fsp3) is 0.900. The first-order valence-electron chi connectivity index (χ1n) is 5.58. The highest BCUT2D eigenvalue weighted by Gasteiger charge is 2.27. The van der Waals surface area contributed by atoms with Crippen molar-refractivity contribution in [1.82, 2.24) is 4.90 Å². The summed E-state index contributed by atoms with van der Waals surface area (Å²) in [6.07, 6.45) is -0.487. The number of morpholine rings is 1. The number of carbonyl (C=O) groups is 1. The number of ether oxygens (including phenoxy) is 2. The van der Waals surface area contributed by atoms with Gasteiger partial charge in [0, 0.05) is 6.54 Å². The van der Waals surface area contributed by atoms with Gasteiger partial charge in [-0.1, -0.05) is 5.22 Å². The third-order valence-electron chi connectivity index (χ3n) is 2.16. The second kappa shape index (κ2) is 5.81. The molecule has 1 saturated heterocycles. The SMILES string of the molecule is CC(C)(C)OC(=O)N1CCO[C@@H](CN=NN)C1.